The van der Waals surface area contributed by atoms with Crippen LogP contribution in [0.4, 0.5) is 0 Å². The van der Waals surface area contributed by atoms with Crippen molar-refractivity contribution in [2.24, 2.45) is 0 Å². The number of carbonyl (C=O) groups is 2. The molecule has 0 bridgehead atoms. The summed E-state index contributed by atoms with van der Waals surface area (Å²) >= 11 is 0. The van der Waals surface area contributed by atoms with Crippen molar-refractivity contribution < 1.29 is 14.3 Å². The Morgan fingerprint density at radius 1 is 0.857 bits per heavy atom. The Labute approximate surface area is 166 Å². The Hall–Kier alpha value is -2.82. The van der Waals surface area contributed by atoms with Gasteiger partial charge in [0.1, 0.15) is 5.75 Å². The van der Waals surface area contributed by atoms with Gasteiger partial charge in [-0.3, -0.25) is 9.59 Å². The van der Waals surface area contributed by atoms with Crippen LogP contribution in [0, 0.1) is 0 Å². The van der Waals surface area contributed by atoms with Gasteiger partial charge in [-0.1, -0.05) is 51.1 Å². The highest BCUT2D eigenvalue weighted by atomic mass is 16.5. The number of piperazine rings is 1. The Bertz CT molecular complexity index is 802. The van der Waals surface area contributed by atoms with E-state index in [1.54, 1.807) is 9.80 Å². The third-order valence-corrected chi connectivity index (χ3v) is 5.02. The molecule has 1 saturated heterocycles. The molecule has 0 aliphatic carbocycles. The zero-order valence-corrected chi connectivity index (χ0v) is 16.9. The van der Waals surface area contributed by atoms with Gasteiger partial charge in [-0.15, -0.1) is 0 Å². The van der Waals surface area contributed by atoms with E-state index in [0.717, 1.165) is 0 Å². The molecule has 5 nitrogen and oxygen atoms in total. The van der Waals surface area contributed by atoms with Gasteiger partial charge in [-0.2, -0.15) is 0 Å². The van der Waals surface area contributed by atoms with Crippen molar-refractivity contribution in [3.8, 4) is 5.75 Å². The molecular weight excluding hydrogens is 352 g/mol. The highest BCUT2D eigenvalue weighted by molar-refractivity contribution is 5.94. The Balaban J connectivity index is 1.47. The van der Waals surface area contributed by atoms with Gasteiger partial charge >= 0.3 is 0 Å². The van der Waals surface area contributed by atoms with Crippen molar-refractivity contribution in [2.75, 3.05) is 32.8 Å². The topological polar surface area (TPSA) is 49.9 Å². The van der Waals surface area contributed by atoms with E-state index >= 15 is 0 Å². The van der Waals surface area contributed by atoms with Crippen LogP contribution in [-0.2, 0) is 10.2 Å². The lowest BCUT2D eigenvalue weighted by Crippen LogP contribution is -2.51. The molecule has 2 amide bonds. The van der Waals surface area contributed by atoms with Crippen LogP contribution in [0.25, 0.3) is 0 Å². The summed E-state index contributed by atoms with van der Waals surface area (Å²) in [6.07, 6.45) is 0. The van der Waals surface area contributed by atoms with Crippen LogP contribution in [-0.4, -0.2) is 54.4 Å². The molecule has 28 heavy (non-hydrogen) atoms. The Morgan fingerprint density at radius 2 is 1.43 bits per heavy atom. The average Bonchev–Trinajstić information content (AvgIpc) is 2.72. The van der Waals surface area contributed by atoms with Gasteiger partial charge in [0.15, 0.2) is 6.61 Å². The summed E-state index contributed by atoms with van der Waals surface area (Å²) in [5.41, 5.74) is 2.00. The lowest BCUT2D eigenvalue weighted by atomic mass is 9.87. The van der Waals surface area contributed by atoms with Crippen molar-refractivity contribution >= 4 is 11.8 Å². The number of carbonyl (C=O) groups excluding carboxylic acids is 2. The fourth-order valence-corrected chi connectivity index (χ4v) is 3.21. The van der Waals surface area contributed by atoms with Crippen molar-refractivity contribution in [3.63, 3.8) is 0 Å². The van der Waals surface area contributed by atoms with Crippen LogP contribution in [0.2, 0.25) is 0 Å². The average molecular weight is 380 g/mol. The van der Waals surface area contributed by atoms with Gasteiger partial charge in [-0.25, -0.2) is 0 Å². The molecule has 0 N–H and O–H groups in total. The number of benzene rings is 2. The van der Waals surface area contributed by atoms with E-state index < -0.39 is 0 Å². The molecule has 5 heteroatoms. The molecule has 2 aromatic rings. The molecule has 0 aromatic heterocycles. The fourth-order valence-electron chi connectivity index (χ4n) is 3.21. The normalized spacial score (nSPS) is 14.7. The predicted octanol–water partition coefficient (Wildman–Crippen LogP) is 3.35. The van der Waals surface area contributed by atoms with Crippen LogP contribution in [0.3, 0.4) is 0 Å². The Morgan fingerprint density at radius 3 is 2.00 bits per heavy atom. The number of nitrogens with zero attached hydrogens (tertiary/aromatic N) is 2. The number of rotatable bonds is 4. The molecule has 148 valence electrons. The second-order valence-electron chi connectivity index (χ2n) is 8.10. The minimum atomic E-state index is -0.0493. The summed E-state index contributed by atoms with van der Waals surface area (Å²) in [7, 11) is 0. The number of hydrogen-bond donors (Lipinski definition) is 0. The van der Waals surface area contributed by atoms with E-state index in [0.29, 0.717) is 37.5 Å². The van der Waals surface area contributed by atoms with Crippen LogP contribution in [0.1, 0.15) is 36.7 Å². The molecule has 0 atom stereocenters. The first-order valence-corrected chi connectivity index (χ1v) is 9.70. The zero-order chi connectivity index (χ0) is 20.1. The SMILES string of the molecule is CC(C)(C)c1ccc(OCC(=O)N2CCN(C(=O)c3ccccc3)CC2)cc1. The highest BCUT2D eigenvalue weighted by Gasteiger charge is 2.25. The lowest BCUT2D eigenvalue weighted by molar-refractivity contribution is -0.134. The lowest BCUT2D eigenvalue weighted by Gasteiger charge is -2.34. The minimum absolute atomic E-state index is 0.0154. The first-order chi connectivity index (χ1) is 13.3. The Kier molecular flexibility index (Phi) is 6.02. The third kappa shape index (κ3) is 4.91. The molecular formula is C23H28N2O3. The van der Waals surface area contributed by atoms with Crippen LogP contribution in [0.15, 0.2) is 54.6 Å². The summed E-state index contributed by atoms with van der Waals surface area (Å²) in [5, 5.41) is 0. The van der Waals surface area contributed by atoms with E-state index in [1.165, 1.54) is 5.56 Å². The largest absolute Gasteiger partial charge is 0.484 e. The first-order valence-electron chi connectivity index (χ1n) is 9.70. The van der Waals surface area contributed by atoms with Crippen LogP contribution in [0.5, 0.6) is 5.75 Å². The van der Waals surface area contributed by atoms with Crippen molar-refractivity contribution in [1.82, 2.24) is 9.80 Å². The summed E-state index contributed by atoms with van der Waals surface area (Å²) in [4.78, 5) is 28.5. The van der Waals surface area contributed by atoms with E-state index in [1.807, 2.05) is 54.6 Å². The van der Waals surface area contributed by atoms with Crippen LogP contribution >= 0.6 is 0 Å². The number of hydrogen-bond acceptors (Lipinski definition) is 3. The maximum Gasteiger partial charge on any atom is 0.260 e. The number of amides is 2. The van der Waals surface area contributed by atoms with E-state index in [9.17, 15) is 9.59 Å². The summed E-state index contributed by atoms with van der Waals surface area (Å²) in [5.74, 6) is 0.661. The summed E-state index contributed by atoms with van der Waals surface area (Å²) < 4.78 is 5.66. The maximum atomic E-state index is 12.5. The van der Waals surface area contributed by atoms with Gasteiger partial charge in [0.2, 0.25) is 0 Å². The molecule has 1 heterocycles. The van der Waals surface area contributed by atoms with E-state index in [2.05, 4.69) is 20.8 Å². The van der Waals surface area contributed by atoms with E-state index in [4.69, 9.17) is 4.74 Å². The second kappa shape index (κ2) is 8.46. The predicted molar refractivity (Wildman–Crippen MR) is 110 cm³/mol. The minimum Gasteiger partial charge on any atom is -0.484 e. The third-order valence-electron chi connectivity index (χ3n) is 5.02. The molecule has 2 aromatic carbocycles. The van der Waals surface area contributed by atoms with Gasteiger partial charge < -0.3 is 14.5 Å². The molecule has 1 fully saturated rings. The second-order valence-corrected chi connectivity index (χ2v) is 8.10. The monoisotopic (exact) mass is 380 g/mol. The quantitative estimate of drug-likeness (QED) is 0.817. The number of ether oxygens (including phenoxy) is 1. The molecule has 0 saturated carbocycles. The first kappa shape index (κ1) is 19.9. The van der Waals surface area contributed by atoms with Gasteiger partial charge in [0.25, 0.3) is 11.8 Å². The molecule has 3 rings (SSSR count). The van der Waals surface area contributed by atoms with Gasteiger partial charge in [0, 0.05) is 31.7 Å². The molecule has 0 spiro atoms. The zero-order valence-electron chi connectivity index (χ0n) is 16.9. The van der Waals surface area contributed by atoms with Crippen molar-refractivity contribution in [3.05, 3.63) is 65.7 Å². The van der Waals surface area contributed by atoms with Gasteiger partial charge in [0.05, 0.1) is 0 Å². The van der Waals surface area contributed by atoms with E-state index in [-0.39, 0.29) is 23.8 Å². The smallest absolute Gasteiger partial charge is 0.260 e. The highest BCUT2D eigenvalue weighted by Crippen LogP contribution is 2.24. The summed E-state index contributed by atoms with van der Waals surface area (Å²) in [6, 6.07) is 17.1. The van der Waals surface area contributed by atoms with Crippen LogP contribution < -0.4 is 4.74 Å². The molecule has 0 unspecified atom stereocenters. The van der Waals surface area contributed by atoms with Gasteiger partial charge in [-0.05, 0) is 35.2 Å². The standard InChI is InChI=1S/C23H28N2O3/c1-23(2,3)19-9-11-20(12-10-19)28-17-21(26)24-13-15-25(16-14-24)22(27)18-7-5-4-6-8-18/h4-12H,13-17H2,1-3H3. The summed E-state index contributed by atoms with van der Waals surface area (Å²) in [6.45, 7) is 8.65. The maximum absolute atomic E-state index is 12.5. The van der Waals surface area contributed by atoms with Crippen molar-refractivity contribution in [1.29, 1.82) is 0 Å². The molecule has 1 aliphatic heterocycles. The molecule has 1 aliphatic rings. The fraction of sp³-hybridized carbons (Fsp3) is 0.391. The van der Waals surface area contributed by atoms with Crippen molar-refractivity contribution in [2.45, 2.75) is 26.2 Å². The molecule has 0 radical (unpaired) electrons.